The molecule has 8 heteroatoms. The van der Waals surface area contributed by atoms with Crippen molar-refractivity contribution >= 4 is 87.4 Å². The van der Waals surface area contributed by atoms with Crippen molar-refractivity contribution in [1.29, 1.82) is 5.26 Å². The van der Waals surface area contributed by atoms with E-state index in [-0.39, 0.29) is 0 Å². The van der Waals surface area contributed by atoms with Crippen LogP contribution in [0.15, 0.2) is 253 Å². The third-order valence-electron chi connectivity index (χ3n) is 15.5. The molecule has 0 aliphatic rings. The van der Waals surface area contributed by atoms with E-state index in [1.807, 2.05) is 36.4 Å². The standard InChI is InChI=1S/C70H41N7O/c71-42-48-39-46(69-72-68(45-29-27-44(28-30-45)43-15-3-1-4-16-43)73-70(74-69)47-32-36-62-56(40-47)52-20-8-11-23-59(52)75(62)49-17-5-2-6-18-49)31-35-58(48)77-60-24-12-7-19-51(60)54-34-37-63-66(67(54)77)55-22-9-13-25-61(55)76(63)50-33-38-65-57(41-50)53-21-10-14-26-64(53)78-65/h1-41H. The third kappa shape index (κ3) is 6.62. The molecule has 0 spiro atoms. The Kier molecular flexibility index (Phi) is 9.53. The first kappa shape index (κ1) is 43.5. The van der Waals surface area contributed by atoms with Gasteiger partial charge < -0.3 is 18.1 Å². The second kappa shape index (κ2) is 17.1. The molecule has 78 heavy (non-hydrogen) atoms. The Hall–Kier alpha value is -10.9. The minimum absolute atomic E-state index is 0.465. The van der Waals surface area contributed by atoms with E-state index >= 15 is 0 Å². The van der Waals surface area contributed by atoms with Gasteiger partial charge in [0.05, 0.1) is 44.4 Å². The number of hydrogen-bond acceptors (Lipinski definition) is 5. The summed E-state index contributed by atoms with van der Waals surface area (Å²) in [6.07, 6.45) is 0. The SMILES string of the molecule is N#Cc1cc(-c2nc(-c3ccc(-c4ccccc4)cc3)nc(-c3ccc4c(c3)c3ccccc3n4-c3ccccc3)n2)ccc1-n1c2ccccc2c2ccc3c(c4ccccc4n3-c3ccc4oc5ccccc5c4c3)c21. The zero-order valence-corrected chi connectivity index (χ0v) is 41.7. The first-order valence-electron chi connectivity index (χ1n) is 26.1. The number of benzene rings is 11. The van der Waals surface area contributed by atoms with Crippen LogP contribution < -0.4 is 0 Å². The van der Waals surface area contributed by atoms with Crippen molar-refractivity contribution in [3.8, 4) is 68.4 Å². The monoisotopic (exact) mass is 995 g/mol. The van der Waals surface area contributed by atoms with Gasteiger partial charge in [-0.25, -0.2) is 15.0 Å². The predicted octanol–water partition coefficient (Wildman–Crippen LogP) is 17.6. The van der Waals surface area contributed by atoms with Crippen LogP contribution in [0.25, 0.3) is 150 Å². The van der Waals surface area contributed by atoms with Crippen LogP contribution >= 0.6 is 0 Å². The van der Waals surface area contributed by atoms with Gasteiger partial charge in [-0.15, -0.1) is 0 Å². The lowest BCUT2D eigenvalue weighted by Gasteiger charge is -2.13. The molecule has 0 aliphatic carbocycles. The van der Waals surface area contributed by atoms with Gasteiger partial charge in [0.25, 0.3) is 0 Å². The molecule has 0 bridgehead atoms. The lowest BCUT2D eigenvalue weighted by Crippen LogP contribution is -2.02. The number of furan rings is 1. The Balaban J connectivity index is 0.888. The Morgan fingerprint density at radius 3 is 1.58 bits per heavy atom. The van der Waals surface area contributed by atoms with Crippen LogP contribution in [-0.4, -0.2) is 28.7 Å². The van der Waals surface area contributed by atoms with Crippen LogP contribution in [0.5, 0.6) is 0 Å². The van der Waals surface area contributed by atoms with Crippen LogP contribution in [0.2, 0.25) is 0 Å². The van der Waals surface area contributed by atoms with Crippen LogP contribution in [-0.2, 0) is 0 Å². The molecule has 16 aromatic rings. The van der Waals surface area contributed by atoms with Gasteiger partial charge >= 0.3 is 0 Å². The zero-order chi connectivity index (χ0) is 51.4. The Morgan fingerprint density at radius 1 is 0.321 bits per heavy atom. The third-order valence-corrected chi connectivity index (χ3v) is 15.5. The average Bonchev–Trinajstić information content (AvgIpc) is 4.46. The molecule has 0 amide bonds. The highest BCUT2D eigenvalue weighted by atomic mass is 16.3. The molecule has 0 aliphatic heterocycles. The van der Waals surface area contributed by atoms with Gasteiger partial charge in [-0.3, -0.25) is 0 Å². The summed E-state index contributed by atoms with van der Waals surface area (Å²) in [6, 6.07) is 89.0. The average molecular weight is 996 g/mol. The number of rotatable bonds is 7. The molecule has 0 atom stereocenters. The van der Waals surface area contributed by atoms with Gasteiger partial charge in [0.2, 0.25) is 0 Å². The molecular formula is C70H41N7O. The second-order valence-electron chi connectivity index (χ2n) is 19.9. The smallest absolute Gasteiger partial charge is 0.164 e. The lowest BCUT2D eigenvalue weighted by molar-refractivity contribution is 0.669. The minimum atomic E-state index is 0.465. The molecule has 16 rings (SSSR count). The van der Waals surface area contributed by atoms with E-state index in [2.05, 4.69) is 232 Å². The second-order valence-corrected chi connectivity index (χ2v) is 19.9. The van der Waals surface area contributed by atoms with Crippen LogP contribution in [0.1, 0.15) is 5.56 Å². The summed E-state index contributed by atoms with van der Waals surface area (Å²) in [6.45, 7) is 0. The van der Waals surface area contributed by atoms with E-state index in [9.17, 15) is 5.26 Å². The van der Waals surface area contributed by atoms with Crippen molar-refractivity contribution in [3.63, 3.8) is 0 Å². The summed E-state index contributed by atoms with van der Waals surface area (Å²) in [7, 11) is 0. The summed E-state index contributed by atoms with van der Waals surface area (Å²) in [4.78, 5) is 15.7. The van der Waals surface area contributed by atoms with Gasteiger partial charge in [0.1, 0.15) is 17.2 Å². The first-order valence-corrected chi connectivity index (χ1v) is 26.1. The molecule has 11 aromatic carbocycles. The maximum atomic E-state index is 11.3. The van der Waals surface area contributed by atoms with Crippen molar-refractivity contribution < 1.29 is 4.42 Å². The molecule has 8 nitrogen and oxygen atoms in total. The Morgan fingerprint density at radius 2 is 0.833 bits per heavy atom. The number of para-hydroxylation sites is 5. The highest BCUT2D eigenvalue weighted by molar-refractivity contribution is 6.26. The van der Waals surface area contributed by atoms with E-state index in [0.29, 0.717) is 28.6 Å². The molecule has 5 heterocycles. The number of nitrogens with zero attached hydrogens (tertiary/aromatic N) is 7. The Labute approximate surface area is 446 Å². The molecule has 0 fully saturated rings. The van der Waals surface area contributed by atoms with Gasteiger partial charge in [0, 0.05) is 71.2 Å². The zero-order valence-electron chi connectivity index (χ0n) is 41.7. The summed E-state index contributed by atoms with van der Waals surface area (Å²) < 4.78 is 13.2. The van der Waals surface area contributed by atoms with E-state index < -0.39 is 0 Å². The summed E-state index contributed by atoms with van der Waals surface area (Å²) >= 11 is 0. The van der Waals surface area contributed by atoms with Gasteiger partial charge in [-0.1, -0.05) is 152 Å². The minimum Gasteiger partial charge on any atom is -0.456 e. The summed E-state index contributed by atoms with van der Waals surface area (Å²) in [5, 5.41) is 20.1. The van der Waals surface area contributed by atoms with Gasteiger partial charge in [0.15, 0.2) is 17.5 Å². The Bertz CT molecular complexity index is 5150. The van der Waals surface area contributed by atoms with Crippen molar-refractivity contribution in [3.05, 3.63) is 254 Å². The molecule has 0 saturated carbocycles. The highest BCUT2D eigenvalue weighted by Crippen LogP contribution is 2.44. The molecular weight excluding hydrogens is 955 g/mol. The van der Waals surface area contributed by atoms with Crippen LogP contribution in [0, 0.1) is 11.3 Å². The number of hydrogen-bond donors (Lipinski definition) is 0. The van der Waals surface area contributed by atoms with Crippen molar-refractivity contribution in [2.45, 2.75) is 0 Å². The molecule has 362 valence electrons. The lowest BCUT2D eigenvalue weighted by atomic mass is 10.0. The van der Waals surface area contributed by atoms with Crippen molar-refractivity contribution in [1.82, 2.24) is 28.7 Å². The summed E-state index contributed by atoms with van der Waals surface area (Å²) in [5.74, 6) is 1.53. The van der Waals surface area contributed by atoms with Crippen LogP contribution in [0.4, 0.5) is 0 Å². The number of nitriles is 1. The number of aromatic nitrogens is 6. The fraction of sp³-hybridized carbons (Fsp3) is 0. The largest absolute Gasteiger partial charge is 0.456 e. The number of fused-ring (bicyclic) bond motifs is 13. The maximum absolute atomic E-state index is 11.3. The molecule has 0 unspecified atom stereocenters. The first-order chi connectivity index (χ1) is 38.6. The molecule has 5 aromatic heterocycles. The van der Waals surface area contributed by atoms with Gasteiger partial charge in [-0.05, 0) is 108 Å². The molecule has 0 radical (unpaired) electrons. The fourth-order valence-corrected chi connectivity index (χ4v) is 12.0. The van der Waals surface area contributed by atoms with Crippen LogP contribution in [0.3, 0.4) is 0 Å². The highest BCUT2D eigenvalue weighted by Gasteiger charge is 2.24. The molecule has 0 N–H and O–H groups in total. The van der Waals surface area contributed by atoms with Gasteiger partial charge in [-0.2, -0.15) is 5.26 Å². The molecule has 0 saturated heterocycles. The quantitative estimate of drug-likeness (QED) is 0.159. The van der Waals surface area contributed by atoms with Crippen molar-refractivity contribution in [2.24, 2.45) is 0 Å². The van der Waals surface area contributed by atoms with E-state index in [1.165, 1.54) is 0 Å². The predicted molar refractivity (Wildman–Crippen MR) is 317 cm³/mol. The topological polar surface area (TPSA) is 90.4 Å². The normalized spacial score (nSPS) is 11.8. The fourth-order valence-electron chi connectivity index (χ4n) is 12.0. The van der Waals surface area contributed by atoms with Crippen molar-refractivity contribution in [2.75, 3.05) is 0 Å². The maximum Gasteiger partial charge on any atom is 0.164 e. The van der Waals surface area contributed by atoms with E-state index in [4.69, 9.17) is 19.4 Å². The van der Waals surface area contributed by atoms with E-state index in [1.54, 1.807) is 0 Å². The summed E-state index contributed by atoms with van der Waals surface area (Å²) in [5.41, 5.74) is 16.1. The van der Waals surface area contributed by atoms with E-state index in [0.717, 1.165) is 127 Å².